The smallest absolute Gasteiger partial charge is 0.145 e. The lowest BCUT2D eigenvalue weighted by atomic mass is 10.1. The summed E-state index contributed by atoms with van der Waals surface area (Å²) in [5.74, 6) is 0.494. The molecule has 0 aliphatic rings. The standard InChI is InChI=1S/C21H28N2O3/c1-6-18(26-19(13-24)14-25)12-21(15(3)4)23-20(7-2)16-8-10-17(22-5)11-9-16/h6-12,19,22,24-25H,2-3,13-14H2,1,4-5H3/b18-6?,21-12+,23-20?. The van der Waals surface area contributed by atoms with Crippen molar-refractivity contribution in [1.29, 1.82) is 0 Å². The number of rotatable bonds is 10. The van der Waals surface area contributed by atoms with Crippen LogP contribution in [0.4, 0.5) is 5.69 Å². The van der Waals surface area contributed by atoms with Crippen molar-refractivity contribution in [2.75, 3.05) is 25.6 Å². The van der Waals surface area contributed by atoms with E-state index in [-0.39, 0.29) is 13.2 Å². The molecule has 140 valence electrons. The van der Waals surface area contributed by atoms with Gasteiger partial charge in [0.05, 0.1) is 24.6 Å². The summed E-state index contributed by atoms with van der Waals surface area (Å²) < 4.78 is 5.57. The number of benzene rings is 1. The van der Waals surface area contributed by atoms with Crippen molar-refractivity contribution in [3.8, 4) is 0 Å². The predicted octanol–water partition coefficient (Wildman–Crippen LogP) is 3.44. The third-order valence-electron chi connectivity index (χ3n) is 3.61. The molecular weight excluding hydrogens is 328 g/mol. The SMILES string of the molecule is C=CC(=N/C(=C/C(=CC)OC(CO)CO)C(=C)C)c1ccc(NC)cc1. The van der Waals surface area contributed by atoms with Gasteiger partial charge in [-0.15, -0.1) is 0 Å². The van der Waals surface area contributed by atoms with Gasteiger partial charge in [-0.2, -0.15) is 0 Å². The summed E-state index contributed by atoms with van der Waals surface area (Å²) in [4.78, 5) is 4.66. The highest BCUT2D eigenvalue weighted by molar-refractivity contribution is 6.09. The van der Waals surface area contributed by atoms with Crippen LogP contribution in [0, 0.1) is 0 Å². The predicted molar refractivity (Wildman–Crippen MR) is 108 cm³/mol. The molecule has 3 N–H and O–H groups in total. The Bertz CT molecular complexity index is 696. The first-order valence-corrected chi connectivity index (χ1v) is 8.40. The minimum Gasteiger partial charge on any atom is -0.486 e. The number of aliphatic imine (C=N–C) groups is 1. The maximum atomic E-state index is 9.19. The Kier molecular flexibility index (Phi) is 9.12. The summed E-state index contributed by atoms with van der Waals surface area (Å²) in [5.41, 5.74) is 4.02. The van der Waals surface area contributed by atoms with E-state index in [2.05, 4.69) is 23.5 Å². The number of ether oxygens (including phenoxy) is 1. The summed E-state index contributed by atoms with van der Waals surface area (Å²) >= 11 is 0. The number of hydrogen-bond donors (Lipinski definition) is 3. The fourth-order valence-corrected chi connectivity index (χ4v) is 2.06. The lowest BCUT2D eigenvalue weighted by Crippen LogP contribution is -2.21. The van der Waals surface area contributed by atoms with E-state index >= 15 is 0 Å². The van der Waals surface area contributed by atoms with Crippen molar-refractivity contribution in [3.63, 3.8) is 0 Å². The van der Waals surface area contributed by atoms with Crippen LogP contribution in [0.15, 0.2) is 77.7 Å². The highest BCUT2D eigenvalue weighted by atomic mass is 16.5. The molecule has 1 aromatic rings. The second kappa shape index (κ2) is 11.1. The van der Waals surface area contributed by atoms with Crippen LogP contribution in [-0.2, 0) is 4.74 Å². The summed E-state index contributed by atoms with van der Waals surface area (Å²) in [6.07, 6.45) is 4.48. The van der Waals surface area contributed by atoms with Gasteiger partial charge in [0.2, 0.25) is 0 Å². The molecule has 0 radical (unpaired) electrons. The van der Waals surface area contributed by atoms with Crippen LogP contribution in [0.5, 0.6) is 0 Å². The quantitative estimate of drug-likeness (QED) is 0.341. The van der Waals surface area contributed by atoms with Crippen LogP contribution in [0.3, 0.4) is 0 Å². The van der Waals surface area contributed by atoms with Gasteiger partial charge in [-0.1, -0.05) is 25.3 Å². The van der Waals surface area contributed by atoms with Gasteiger partial charge in [0.25, 0.3) is 0 Å². The molecule has 5 heteroatoms. The molecule has 0 fully saturated rings. The van der Waals surface area contributed by atoms with Gasteiger partial charge in [0.1, 0.15) is 11.9 Å². The lowest BCUT2D eigenvalue weighted by Gasteiger charge is -2.15. The Hall–Kier alpha value is -2.63. The molecule has 1 rings (SSSR count). The molecular formula is C21H28N2O3. The topological polar surface area (TPSA) is 74.1 Å². The van der Waals surface area contributed by atoms with E-state index in [0.717, 1.165) is 16.8 Å². The summed E-state index contributed by atoms with van der Waals surface area (Å²) in [7, 11) is 1.87. The molecule has 0 aromatic heterocycles. The minimum atomic E-state index is -0.680. The zero-order valence-corrected chi connectivity index (χ0v) is 15.7. The van der Waals surface area contributed by atoms with Gasteiger partial charge in [0.15, 0.2) is 0 Å². The van der Waals surface area contributed by atoms with Crippen molar-refractivity contribution in [1.82, 2.24) is 0 Å². The van der Waals surface area contributed by atoms with Gasteiger partial charge >= 0.3 is 0 Å². The largest absolute Gasteiger partial charge is 0.486 e. The highest BCUT2D eigenvalue weighted by Gasteiger charge is 2.09. The van der Waals surface area contributed by atoms with E-state index in [4.69, 9.17) is 4.74 Å². The number of aliphatic hydroxyl groups excluding tert-OH is 2. The van der Waals surface area contributed by atoms with Crippen molar-refractivity contribution in [3.05, 3.63) is 78.2 Å². The van der Waals surface area contributed by atoms with Crippen LogP contribution >= 0.6 is 0 Å². The molecule has 0 saturated carbocycles. The highest BCUT2D eigenvalue weighted by Crippen LogP contribution is 2.18. The molecule has 0 atom stereocenters. The zero-order valence-electron chi connectivity index (χ0n) is 15.7. The first-order valence-electron chi connectivity index (χ1n) is 8.40. The lowest BCUT2D eigenvalue weighted by molar-refractivity contribution is 0.0220. The maximum Gasteiger partial charge on any atom is 0.145 e. The van der Waals surface area contributed by atoms with Gasteiger partial charge < -0.3 is 20.3 Å². The van der Waals surface area contributed by atoms with Crippen LogP contribution in [0.1, 0.15) is 19.4 Å². The molecule has 0 bridgehead atoms. The Balaban J connectivity index is 3.21. The fourth-order valence-electron chi connectivity index (χ4n) is 2.06. The van der Waals surface area contributed by atoms with Crippen molar-refractivity contribution in [2.45, 2.75) is 20.0 Å². The number of aliphatic hydroxyl groups is 2. The van der Waals surface area contributed by atoms with Crippen LogP contribution in [-0.4, -0.2) is 42.3 Å². The van der Waals surface area contributed by atoms with E-state index in [1.165, 1.54) is 0 Å². The Morgan fingerprint density at radius 3 is 2.31 bits per heavy atom. The van der Waals surface area contributed by atoms with Gasteiger partial charge in [-0.3, -0.25) is 0 Å². The number of nitrogens with one attached hydrogen (secondary N) is 1. The summed E-state index contributed by atoms with van der Waals surface area (Å²) in [6.45, 7) is 10.9. The molecule has 0 spiro atoms. The van der Waals surface area contributed by atoms with E-state index < -0.39 is 6.10 Å². The minimum absolute atomic E-state index is 0.275. The molecule has 5 nitrogen and oxygen atoms in total. The molecule has 0 aliphatic heterocycles. The third-order valence-corrected chi connectivity index (χ3v) is 3.61. The van der Waals surface area contributed by atoms with Crippen molar-refractivity contribution < 1.29 is 14.9 Å². The Morgan fingerprint density at radius 1 is 1.27 bits per heavy atom. The second-order valence-electron chi connectivity index (χ2n) is 5.63. The first-order chi connectivity index (χ1) is 12.5. The second-order valence-corrected chi connectivity index (χ2v) is 5.63. The number of hydrogen-bond acceptors (Lipinski definition) is 5. The summed E-state index contributed by atoms with van der Waals surface area (Å²) in [5, 5.41) is 21.5. The van der Waals surface area contributed by atoms with Crippen molar-refractivity contribution >= 4 is 11.4 Å². The zero-order chi connectivity index (χ0) is 19.5. The molecule has 0 unspecified atom stereocenters. The fraction of sp³-hybridized carbons (Fsp3) is 0.286. The normalized spacial score (nSPS) is 12.9. The van der Waals surface area contributed by atoms with Crippen LogP contribution in [0.25, 0.3) is 0 Å². The van der Waals surface area contributed by atoms with E-state index in [0.29, 0.717) is 17.2 Å². The number of anilines is 1. The van der Waals surface area contributed by atoms with E-state index in [1.807, 2.05) is 45.2 Å². The molecule has 26 heavy (non-hydrogen) atoms. The molecule has 1 aromatic carbocycles. The van der Waals surface area contributed by atoms with Gasteiger partial charge in [-0.25, -0.2) is 4.99 Å². The van der Waals surface area contributed by atoms with Gasteiger partial charge in [-0.05, 0) is 43.7 Å². The van der Waals surface area contributed by atoms with E-state index in [9.17, 15) is 10.2 Å². The average molecular weight is 356 g/mol. The maximum absolute atomic E-state index is 9.19. The monoisotopic (exact) mass is 356 g/mol. The number of allylic oxidation sites excluding steroid dienone is 4. The Labute approximate surface area is 155 Å². The molecule has 0 aliphatic carbocycles. The molecule has 0 heterocycles. The number of nitrogens with zero attached hydrogens (tertiary/aromatic N) is 1. The first kappa shape index (κ1) is 21.4. The van der Waals surface area contributed by atoms with E-state index in [1.54, 1.807) is 18.2 Å². The molecule has 0 saturated heterocycles. The Morgan fingerprint density at radius 2 is 1.88 bits per heavy atom. The van der Waals surface area contributed by atoms with Crippen LogP contribution in [0.2, 0.25) is 0 Å². The van der Waals surface area contributed by atoms with Crippen LogP contribution < -0.4 is 5.32 Å². The summed E-state index contributed by atoms with van der Waals surface area (Å²) in [6, 6.07) is 7.85. The molecule has 0 amide bonds. The van der Waals surface area contributed by atoms with Gasteiger partial charge in [0, 0.05) is 24.4 Å². The third kappa shape index (κ3) is 6.35. The average Bonchev–Trinajstić information content (AvgIpc) is 2.67. The van der Waals surface area contributed by atoms with Crippen molar-refractivity contribution in [2.24, 2.45) is 4.99 Å².